The summed E-state index contributed by atoms with van der Waals surface area (Å²) in [5.74, 6) is -1.90. The number of ether oxygens (including phenoxy) is 2. The molecule has 1 N–H and O–H groups in total. The minimum absolute atomic E-state index is 0.0336. The van der Waals surface area contributed by atoms with Crippen LogP contribution in [-0.4, -0.2) is 30.3 Å². The molecular formula is C13H14F2O5. The number of carbonyl (C=O) groups excluding carboxylic acids is 1. The number of carboxylic acid groups (broad SMARTS) is 1. The van der Waals surface area contributed by atoms with E-state index in [0.717, 1.165) is 6.07 Å². The average Bonchev–Trinajstić information content (AvgIpc) is 2.36. The van der Waals surface area contributed by atoms with E-state index in [2.05, 4.69) is 4.74 Å². The van der Waals surface area contributed by atoms with E-state index >= 15 is 0 Å². The Morgan fingerprint density at radius 1 is 1.35 bits per heavy atom. The first-order chi connectivity index (χ1) is 9.43. The molecule has 0 saturated heterocycles. The quantitative estimate of drug-likeness (QED) is 0.780. The first-order valence-corrected chi connectivity index (χ1v) is 5.90. The Hall–Kier alpha value is -2.18. The second-order valence-corrected chi connectivity index (χ2v) is 3.81. The van der Waals surface area contributed by atoms with Crippen molar-refractivity contribution in [3.63, 3.8) is 0 Å². The van der Waals surface area contributed by atoms with Crippen molar-refractivity contribution in [2.45, 2.75) is 26.4 Å². The van der Waals surface area contributed by atoms with Gasteiger partial charge in [-0.1, -0.05) is 6.07 Å². The van der Waals surface area contributed by atoms with E-state index < -0.39 is 18.6 Å². The highest BCUT2D eigenvalue weighted by molar-refractivity contribution is 5.91. The molecule has 1 aromatic rings. The number of hydrogen-bond donors (Lipinski definition) is 1. The van der Waals surface area contributed by atoms with Crippen molar-refractivity contribution >= 4 is 11.9 Å². The van der Waals surface area contributed by atoms with Crippen LogP contribution in [0.15, 0.2) is 18.2 Å². The number of esters is 1. The lowest BCUT2D eigenvalue weighted by Crippen LogP contribution is -2.11. The number of halogens is 2. The van der Waals surface area contributed by atoms with Gasteiger partial charge in [-0.05, 0) is 31.0 Å². The number of rotatable bonds is 7. The van der Waals surface area contributed by atoms with Gasteiger partial charge in [-0.25, -0.2) is 4.79 Å². The molecule has 0 aliphatic rings. The van der Waals surface area contributed by atoms with Gasteiger partial charge in [0.05, 0.1) is 12.2 Å². The zero-order chi connectivity index (χ0) is 15.1. The van der Waals surface area contributed by atoms with Gasteiger partial charge in [0.2, 0.25) is 0 Å². The number of hydrogen-bond acceptors (Lipinski definition) is 4. The third-order valence-electron chi connectivity index (χ3n) is 2.41. The summed E-state index contributed by atoms with van der Waals surface area (Å²) in [6.45, 7) is -1.28. The number of aliphatic carboxylic acids is 1. The molecule has 0 amide bonds. The Morgan fingerprint density at radius 2 is 2.05 bits per heavy atom. The van der Waals surface area contributed by atoms with Crippen LogP contribution in [0, 0.1) is 0 Å². The number of aryl methyl sites for hydroxylation is 1. The molecule has 20 heavy (non-hydrogen) atoms. The fraction of sp³-hybridized carbons (Fsp3) is 0.385. The fourth-order valence-electron chi connectivity index (χ4n) is 1.59. The first kappa shape index (κ1) is 15.9. The first-order valence-electron chi connectivity index (χ1n) is 5.90. The summed E-state index contributed by atoms with van der Waals surface area (Å²) in [6.07, 6.45) is -0.0834. The Kier molecular flexibility index (Phi) is 5.89. The third kappa shape index (κ3) is 4.83. The Labute approximate surface area is 114 Å². The molecule has 0 bridgehead atoms. The summed E-state index contributed by atoms with van der Waals surface area (Å²) in [5.41, 5.74) is 0.443. The SMILES string of the molecule is CCOC(=O)c1cc(OC(F)F)ccc1CCC(=O)O. The summed E-state index contributed by atoms with van der Waals surface area (Å²) in [4.78, 5) is 22.3. The largest absolute Gasteiger partial charge is 0.481 e. The molecule has 0 aliphatic carbocycles. The van der Waals surface area contributed by atoms with E-state index in [-0.39, 0.29) is 30.8 Å². The van der Waals surface area contributed by atoms with Crippen LogP contribution in [0.2, 0.25) is 0 Å². The molecule has 0 spiro atoms. The van der Waals surface area contributed by atoms with Gasteiger partial charge in [0.25, 0.3) is 0 Å². The Morgan fingerprint density at radius 3 is 2.60 bits per heavy atom. The van der Waals surface area contributed by atoms with E-state index in [0.29, 0.717) is 5.56 Å². The molecule has 0 saturated carbocycles. The van der Waals surface area contributed by atoms with E-state index in [1.807, 2.05) is 0 Å². The normalized spacial score (nSPS) is 10.4. The maximum Gasteiger partial charge on any atom is 0.387 e. The van der Waals surface area contributed by atoms with Crippen molar-refractivity contribution < 1.29 is 33.0 Å². The van der Waals surface area contributed by atoms with Crippen LogP contribution in [0.5, 0.6) is 5.75 Å². The predicted octanol–water partition coefficient (Wildman–Crippen LogP) is 2.48. The molecule has 0 heterocycles. The minimum atomic E-state index is -3.00. The van der Waals surface area contributed by atoms with E-state index in [1.54, 1.807) is 6.92 Å². The van der Waals surface area contributed by atoms with Crippen LogP contribution in [0.25, 0.3) is 0 Å². The smallest absolute Gasteiger partial charge is 0.387 e. The summed E-state index contributed by atoms with van der Waals surface area (Å²) < 4.78 is 33.3. The van der Waals surface area contributed by atoms with Gasteiger partial charge in [-0.3, -0.25) is 4.79 Å². The van der Waals surface area contributed by atoms with Crippen molar-refractivity contribution in [2.75, 3.05) is 6.61 Å². The number of carboxylic acids is 1. The van der Waals surface area contributed by atoms with Gasteiger partial charge in [0, 0.05) is 6.42 Å². The van der Waals surface area contributed by atoms with Crippen LogP contribution in [0.1, 0.15) is 29.3 Å². The van der Waals surface area contributed by atoms with Crippen LogP contribution < -0.4 is 4.74 Å². The van der Waals surface area contributed by atoms with Gasteiger partial charge in [-0.15, -0.1) is 0 Å². The lowest BCUT2D eigenvalue weighted by Gasteiger charge is -2.11. The second-order valence-electron chi connectivity index (χ2n) is 3.81. The zero-order valence-electron chi connectivity index (χ0n) is 10.8. The molecule has 7 heteroatoms. The van der Waals surface area contributed by atoms with Crippen molar-refractivity contribution in [3.05, 3.63) is 29.3 Å². The Bertz CT molecular complexity index is 488. The average molecular weight is 288 g/mol. The summed E-state index contributed by atoms with van der Waals surface area (Å²) in [5, 5.41) is 8.64. The Balaban J connectivity index is 3.02. The molecule has 1 rings (SSSR count). The monoisotopic (exact) mass is 288 g/mol. The summed E-state index contributed by atoms with van der Waals surface area (Å²) in [6, 6.07) is 3.76. The highest BCUT2D eigenvalue weighted by Gasteiger charge is 2.16. The lowest BCUT2D eigenvalue weighted by molar-refractivity contribution is -0.136. The molecule has 0 aromatic heterocycles. The van der Waals surface area contributed by atoms with Crippen LogP contribution >= 0.6 is 0 Å². The van der Waals surface area contributed by atoms with Crippen molar-refractivity contribution in [2.24, 2.45) is 0 Å². The molecule has 0 unspecified atom stereocenters. The van der Waals surface area contributed by atoms with Gasteiger partial charge >= 0.3 is 18.6 Å². The van der Waals surface area contributed by atoms with E-state index in [9.17, 15) is 18.4 Å². The van der Waals surface area contributed by atoms with Crippen molar-refractivity contribution in [3.8, 4) is 5.75 Å². The van der Waals surface area contributed by atoms with Gasteiger partial charge in [0.15, 0.2) is 0 Å². The zero-order valence-corrected chi connectivity index (χ0v) is 10.8. The maximum absolute atomic E-state index is 12.1. The van der Waals surface area contributed by atoms with Gasteiger partial charge in [-0.2, -0.15) is 8.78 Å². The van der Waals surface area contributed by atoms with Crippen LogP contribution in [0.4, 0.5) is 8.78 Å². The highest BCUT2D eigenvalue weighted by atomic mass is 19.3. The molecule has 0 fully saturated rings. The molecule has 1 aromatic carbocycles. The highest BCUT2D eigenvalue weighted by Crippen LogP contribution is 2.22. The molecule has 0 atom stereocenters. The second kappa shape index (κ2) is 7.42. The predicted molar refractivity (Wildman–Crippen MR) is 65.0 cm³/mol. The molecular weight excluding hydrogens is 274 g/mol. The number of alkyl halides is 2. The minimum Gasteiger partial charge on any atom is -0.481 e. The number of carbonyl (C=O) groups is 2. The standard InChI is InChI=1S/C13H14F2O5/c1-2-19-12(18)10-7-9(20-13(14)15)5-3-8(10)4-6-11(16)17/h3,5,7,13H,2,4,6H2,1H3,(H,16,17). The fourth-order valence-corrected chi connectivity index (χ4v) is 1.59. The maximum atomic E-state index is 12.1. The van der Waals surface area contributed by atoms with Crippen LogP contribution in [0.3, 0.4) is 0 Å². The van der Waals surface area contributed by atoms with Gasteiger partial charge < -0.3 is 14.6 Å². The van der Waals surface area contributed by atoms with Crippen LogP contribution in [-0.2, 0) is 16.0 Å². The number of benzene rings is 1. The molecule has 110 valence electrons. The molecule has 0 radical (unpaired) electrons. The van der Waals surface area contributed by atoms with E-state index in [4.69, 9.17) is 9.84 Å². The molecule has 5 nitrogen and oxygen atoms in total. The van der Waals surface area contributed by atoms with Crippen molar-refractivity contribution in [1.29, 1.82) is 0 Å². The van der Waals surface area contributed by atoms with E-state index in [1.165, 1.54) is 12.1 Å². The third-order valence-corrected chi connectivity index (χ3v) is 2.41. The summed E-state index contributed by atoms with van der Waals surface area (Å²) in [7, 11) is 0. The topological polar surface area (TPSA) is 72.8 Å². The molecule has 0 aliphatic heterocycles. The summed E-state index contributed by atoms with van der Waals surface area (Å²) >= 11 is 0. The van der Waals surface area contributed by atoms with Gasteiger partial charge in [0.1, 0.15) is 5.75 Å². The lowest BCUT2D eigenvalue weighted by atomic mass is 10.0. The van der Waals surface area contributed by atoms with Crippen molar-refractivity contribution in [1.82, 2.24) is 0 Å².